The van der Waals surface area contributed by atoms with Crippen molar-refractivity contribution in [2.75, 3.05) is 13.4 Å². The van der Waals surface area contributed by atoms with Crippen molar-refractivity contribution in [1.29, 1.82) is 0 Å². The molecular formula is C9H12O2S. The first-order chi connectivity index (χ1) is 5.54. The molecule has 0 bridgehead atoms. The topological polar surface area (TPSA) is 26.3 Å². The molecule has 0 fully saturated rings. The van der Waals surface area contributed by atoms with Gasteiger partial charge in [-0.2, -0.15) is 0 Å². The summed E-state index contributed by atoms with van der Waals surface area (Å²) in [6.07, 6.45) is 1.61. The van der Waals surface area contributed by atoms with Crippen LogP contribution in [0, 0.1) is 0 Å². The van der Waals surface area contributed by atoms with E-state index >= 15 is 0 Å². The fourth-order valence-corrected chi connectivity index (χ4v) is 1.60. The van der Waals surface area contributed by atoms with Crippen molar-refractivity contribution in [3.63, 3.8) is 0 Å². The van der Waals surface area contributed by atoms with Crippen molar-refractivity contribution in [3.8, 4) is 5.75 Å². The largest absolute Gasteiger partial charge is 0.497 e. The van der Waals surface area contributed by atoms with E-state index in [1.54, 1.807) is 25.5 Å². The van der Waals surface area contributed by atoms with Gasteiger partial charge in [-0.05, 0) is 33.6 Å². The molecule has 0 amide bonds. The molecule has 1 unspecified atom stereocenters. The van der Waals surface area contributed by atoms with Crippen LogP contribution in [0.1, 0.15) is 0 Å². The van der Waals surface area contributed by atoms with Crippen LogP contribution >= 0.6 is 0 Å². The third-order valence-electron chi connectivity index (χ3n) is 1.54. The molecule has 3 heteroatoms. The molecular weight excluding hydrogens is 172 g/mol. The molecule has 0 aliphatic carbocycles. The summed E-state index contributed by atoms with van der Waals surface area (Å²) < 4.78 is 16.5. The maximum absolute atomic E-state index is 11.5. The summed E-state index contributed by atoms with van der Waals surface area (Å²) in [4.78, 5) is 0.724. The monoisotopic (exact) mass is 184 g/mol. The zero-order valence-electron chi connectivity index (χ0n) is 7.24. The smallest absolute Gasteiger partial charge is 0.120 e. The highest BCUT2D eigenvalue weighted by Gasteiger charge is 2.01. The van der Waals surface area contributed by atoms with E-state index in [4.69, 9.17) is 4.74 Å². The van der Waals surface area contributed by atoms with Crippen LogP contribution in [0.4, 0.5) is 0 Å². The molecule has 66 valence electrons. The van der Waals surface area contributed by atoms with Crippen molar-refractivity contribution >= 4 is 15.4 Å². The van der Waals surface area contributed by atoms with E-state index in [1.165, 1.54) is 0 Å². The molecule has 0 aliphatic rings. The number of rotatable bonds is 2. The first kappa shape index (κ1) is 9.13. The molecule has 1 rings (SSSR count). The van der Waals surface area contributed by atoms with Gasteiger partial charge in [0, 0.05) is 11.2 Å². The Kier molecular flexibility index (Phi) is 2.43. The highest BCUT2D eigenvalue weighted by molar-refractivity contribution is 7.99. The maximum Gasteiger partial charge on any atom is 0.120 e. The molecule has 0 N–H and O–H groups in total. The fraction of sp³-hybridized carbons (Fsp3) is 0.222. The molecule has 0 radical (unpaired) electrons. The molecule has 0 saturated carbocycles. The number of benzene rings is 1. The van der Waals surface area contributed by atoms with E-state index in [9.17, 15) is 4.21 Å². The van der Waals surface area contributed by atoms with E-state index in [0.717, 1.165) is 4.90 Å². The Balaban J connectivity index is 3.20. The Labute approximate surface area is 73.2 Å². The Morgan fingerprint density at radius 2 is 2.17 bits per heavy atom. The quantitative estimate of drug-likeness (QED) is 0.649. The van der Waals surface area contributed by atoms with Crippen molar-refractivity contribution in [3.05, 3.63) is 24.3 Å². The van der Waals surface area contributed by atoms with Crippen LogP contribution in [0.25, 0.3) is 0 Å². The zero-order valence-corrected chi connectivity index (χ0v) is 8.06. The molecule has 0 aliphatic heterocycles. The lowest BCUT2D eigenvalue weighted by Crippen LogP contribution is -1.96. The second-order valence-corrected chi connectivity index (χ2v) is 5.17. The summed E-state index contributed by atoms with van der Waals surface area (Å²) in [7, 11) is -0.532. The zero-order chi connectivity index (χ0) is 9.19. The van der Waals surface area contributed by atoms with Crippen LogP contribution in [-0.2, 0) is 9.52 Å². The van der Waals surface area contributed by atoms with Gasteiger partial charge >= 0.3 is 0 Å². The first-order valence-corrected chi connectivity index (χ1v) is 5.64. The maximum atomic E-state index is 11.5. The first-order valence-electron chi connectivity index (χ1n) is 3.50. The van der Waals surface area contributed by atoms with Crippen LogP contribution in [-0.4, -0.2) is 23.4 Å². The molecule has 1 aromatic carbocycles. The van der Waals surface area contributed by atoms with Crippen molar-refractivity contribution in [2.45, 2.75) is 4.90 Å². The van der Waals surface area contributed by atoms with Gasteiger partial charge in [-0.1, -0.05) is 6.07 Å². The molecule has 0 saturated heterocycles. The lowest BCUT2D eigenvalue weighted by atomic mass is 10.3. The summed E-state index contributed by atoms with van der Waals surface area (Å²) in [5, 5.41) is 0. The van der Waals surface area contributed by atoms with Crippen LogP contribution < -0.4 is 4.74 Å². The normalized spacial score (nSPS) is 15.2. The Bertz CT molecular complexity index is 366. The third-order valence-corrected chi connectivity index (χ3v) is 2.79. The van der Waals surface area contributed by atoms with E-state index in [-0.39, 0.29) is 0 Å². The summed E-state index contributed by atoms with van der Waals surface area (Å²) in [5.74, 6) is 4.30. The van der Waals surface area contributed by atoms with Crippen molar-refractivity contribution in [2.24, 2.45) is 0 Å². The van der Waals surface area contributed by atoms with Gasteiger partial charge in [0.25, 0.3) is 0 Å². The lowest BCUT2D eigenvalue weighted by Gasteiger charge is -2.04. The molecule has 2 nitrogen and oxygen atoms in total. The van der Waals surface area contributed by atoms with Crippen LogP contribution in [0.15, 0.2) is 29.2 Å². The summed E-state index contributed by atoms with van der Waals surface area (Å²) >= 11 is 0. The minimum Gasteiger partial charge on any atom is -0.497 e. The highest BCUT2D eigenvalue weighted by atomic mass is 32.2. The molecule has 1 aromatic rings. The SMILES string of the molecule is C=S(C)(=O)c1cccc(OC)c1. The van der Waals surface area contributed by atoms with Gasteiger partial charge in [0.15, 0.2) is 0 Å². The van der Waals surface area contributed by atoms with Crippen LogP contribution in [0.5, 0.6) is 5.75 Å². The van der Waals surface area contributed by atoms with E-state index in [2.05, 4.69) is 5.87 Å². The highest BCUT2D eigenvalue weighted by Crippen LogP contribution is 2.16. The average molecular weight is 184 g/mol. The van der Waals surface area contributed by atoms with Gasteiger partial charge in [-0.3, -0.25) is 4.21 Å². The fourth-order valence-electron chi connectivity index (χ4n) is 0.870. The second-order valence-electron chi connectivity index (χ2n) is 2.68. The van der Waals surface area contributed by atoms with Crippen molar-refractivity contribution < 1.29 is 8.95 Å². The van der Waals surface area contributed by atoms with Gasteiger partial charge in [-0.15, -0.1) is 0 Å². The van der Waals surface area contributed by atoms with E-state index in [1.807, 2.05) is 12.1 Å². The van der Waals surface area contributed by atoms with Crippen molar-refractivity contribution in [1.82, 2.24) is 0 Å². The Hall–Kier alpha value is -0.960. The molecule has 0 spiro atoms. The summed E-state index contributed by atoms with van der Waals surface area (Å²) in [5.41, 5.74) is 0. The number of ether oxygens (including phenoxy) is 1. The predicted octanol–water partition coefficient (Wildman–Crippen LogP) is 1.40. The van der Waals surface area contributed by atoms with Gasteiger partial charge in [0.2, 0.25) is 0 Å². The minimum absolute atomic E-state index is 0.714. The molecule has 12 heavy (non-hydrogen) atoms. The van der Waals surface area contributed by atoms with Gasteiger partial charge < -0.3 is 4.74 Å². The third kappa shape index (κ3) is 2.01. The Morgan fingerprint density at radius 1 is 1.50 bits per heavy atom. The number of methoxy groups -OCH3 is 1. The molecule has 1 atom stereocenters. The standard InChI is InChI=1S/C9H12O2S/c1-11-8-5-4-6-9(7-8)12(2,3)10/h4-7H,2H2,1,3H3. The lowest BCUT2D eigenvalue weighted by molar-refractivity contribution is 0.413. The number of hydrogen-bond donors (Lipinski definition) is 0. The Morgan fingerprint density at radius 3 is 2.67 bits per heavy atom. The number of hydrogen-bond acceptors (Lipinski definition) is 2. The predicted molar refractivity (Wildman–Crippen MR) is 52.4 cm³/mol. The van der Waals surface area contributed by atoms with Crippen LogP contribution in [0.3, 0.4) is 0 Å². The molecule has 0 heterocycles. The van der Waals surface area contributed by atoms with Gasteiger partial charge in [0.05, 0.1) is 7.11 Å². The van der Waals surface area contributed by atoms with Crippen LogP contribution in [0.2, 0.25) is 0 Å². The van der Waals surface area contributed by atoms with E-state index in [0.29, 0.717) is 5.75 Å². The minimum atomic E-state index is -2.12. The average Bonchev–Trinajstić information content (AvgIpc) is 2.03. The summed E-state index contributed by atoms with van der Waals surface area (Å²) in [6, 6.07) is 7.16. The molecule has 0 aromatic heterocycles. The van der Waals surface area contributed by atoms with Gasteiger partial charge in [0.1, 0.15) is 5.75 Å². The van der Waals surface area contributed by atoms with Gasteiger partial charge in [-0.25, -0.2) is 0 Å². The second kappa shape index (κ2) is 3.19. The summed E-state index contributed by atoms with van der Waals surface area (Å²) in [6.45, 7) is 0. The van der Waals surface area contributed by atoms with E-state index < -0.39 is 9.52 Å².